The molecule has 0 fully saturated rings. The van der Waals surface area contributed by atoms with E-state index in [9.17, 15) is 0 Å². The Balaban J connectivity index is 2.49. The van der Waals surface area contributed by atoms with Crippen LogP contribution in [-0.2, 0) is 6.42 Å². The molecule has 0 aliphatic carbocycles. The molecule has 0 spiro atoms. The van der Waals surface area contributed by atoms with Crippen molar-refractivity contribution in [2.24, 2.45) is 0 Å². The van der Waals surface area contributed by atoms with E-state index in [4.69, 9.17) is 0 Å². The number of H-pyrrole nitrogens is 1. The highest BCUT2D eigenvalue weighted by molar-refractivity contribution is 9.10. The van der Waals surface area contributed by atoms with Crippen LogP contribution in [0, 0.1) is 0 Å². The minimum Gasteiger partial charge on any atom is -0.342 e. The van der Waals surface area contributed by atoms with E-state index in [1.54, 1.807) is 0 Å². The van der Waals surface area contributed by atoms with E-state index in [-0.39, 0.29) is 0 Å². The van der Waals surface area contributed by atoms with Crippen LogP contribution in [0.15, 0.2) is 22.7 Å². The third-order valence-corrected chi connectivity index (χ3v) is 2.56. The molecule has 0 amide bonds. The van der Waals surface area contributed by atoms with E-state index in [0.717, 1.165) is 33.5 Å². The van der Waals surface area contributed by atoms with Crippen LogP contribution in [0.25, 0.3) is 11.0 Å². The first kappa shape index (κ1) is 9.09. The summed E-state index contributed by atoms with van der Waals surface area (Å²) in [7, 11) is 0. The number of aromatic amines is 1. The Morgan fingerprint density at radius 2 is 2.31 bits per heavy atom. The zero-order valence-electron chi connectivity index (χ0n) is 6.92. The molecule has 0 atom stereocenters. The highest BCUT2D eigenvalue weighted by atomic mass is 79.9. The van der Waals surface area contributed by atoms with Gasteiger partial charge in [-0.1, -0.05) is 15.9 Å². The van der Waals surface area contributed by atoms with E-state index in [1.165, 1.54) is 0 Å². The van der Waals surface area contributed by atoms with Crippen molar-refractivity contribution in [2.45, 2.75) is 6.42 Å². The molecule has 13 heavy (non-hydrogen) atoms. The predicted molar refractivity (Wildman–Crippen MR) is 61.4 cm³/mol. The minimum absolute atomic E-state index is 0.820. The molecule has 1 heterocycles. The zero-order valence-corrected chi connectivity index (χ0v) is 9.40. The summed E-state index contributed by atoms with van der Waals surface area (Å²) in [6.45, 7) is 0. The van der Waals surface area contributed by atoms with E-state index in [2.05, 4.69) is 38.5 Å². The predicted octanol–water partition coefficient (Wildman–Crippen LogP) is 2.80. The van der Waals surface area contributed by atoms with Gasteiger partial charge in [0.2, 0.25) is 0 Å². The Morgan fingerprint density at radius 1 is 1.46 bits per heavy atom. The van der Waals surface area contributed by atoms with E-state index in [0.29, 0.717) is 0 Å². The summed E-state index contributed by atoms with van der Waals surface area (Å²) in [6, 6.07) is 6.02. The second-order valence-corrected chi connectivity index (χ2v) is 4.18. The first-order chi connectivity index (χ1) is 6.29. The average molecular weight is 257 g/mol. The van der Waals surface area contributed by atoms with Crippen LogP contribution < -0.4 is 0 Å². The number of fused-ring (bicyclic) bond motifs is 1. The summed E-state index contributed by atoms with van der Waals surface area (Å²) >= 11 is 7.58. The second-order valence-electron chi connectivity index (χ2n) is 2.82. The Labute approximate surface area is 90.3 Å². The lowest BCUT2D eigenvalue weighted by Crippen LogP contribution is -1.87. The molecule has 4 heteroatoms. The lowest BCUT2D eigenvalue weighted by Gasteiger charge is -1.88. The summed E-state index contributed by atoms with van der Waals surface area (Å²) in [6.07, 6.45) is 0.884. The van der Waals surface area contributed by atoms with Gasteiger partial charge >= 0.3 is 0 Å². The van der Waals surface area contributed by atoms with Gasteiger partial charge in [0.25, 0.3) is 0 Å². The Bertz CT molecular complexity index is 424. The molecule has 0 saturated heterocycles. The smallest absolute Gasteiger partial charge is 0.108 e. The summed E-state index contributed by atoms with van der Waals surface area (Å²) in [5.41, 5.74) is 2.09. The summed E-state index contributed by atoms with van der Waals surface area (Å²) in [4.78, 5) is 7.67. The SMILES string of the molecule is SCCc1nc2ccc(Br)cc2[nH]1. The average Bonchev–Trinajstić information content (AvgIpc) is 2.46. The molecule has 1 N–H and O–H groups in total. The standard InChI is InChI=1S/C9H9BrN2S/c10-6-1-2-7-8(5-6)12-9(11-7)3-4-13/h1-2,5,13H,3-4H2,(H,11,12). The van der Waals surface area contributed by atoms with Gasteiger partial charge in [-0.25, -0.2) is 4.98 Å². The van der Waals surface area contributed by atoms with Gasteiger partial charge in [-0.05, 0) is 24.0 Å². The number of hydrogen-bond donors (Lipinski definition) is 2. The first-order valence-corrected chi connectivity index (χ1v) is 5.47. The highest BCUT2D eigenvalue weighted by Crippen LogP contribution is 2.17. The maximum Gasteiger partial charge on any atom is 0.108 e. The van der Waals surface area contributed by atoms with E-state index in [1.807, 2.05) is 18.2 Å². The number of imidazole rings is 1. The zero-order chi connectivity index (χ0) is 9.26. The first-order valence-electron chi connectivity index (χ1n) is 4.04. The normalized spacial score (nSPS) is 10.9. The number of aromatic nitrogens is 2. The maximum absolute atomic E-state index is 4.42. The van der Waals surface area contributed by atoms with Gasteiger partial charge in [-0.15, -0.1) is 0 Å². The maximum atomic E-state index is 4.42. The van der Waals surface area contributed by atoms with Crippen LogP contribution in [0.1, 0.15) is 5.82 Å². The lowest BCUT2D eigenvalue weighted by molar-refractivity contribution is 1.01. The van der Waals surface area contributed by atoms with Crippen molar-refractivity contribution < 1.29 is 0 Å². The van der Waals surface area contributed by atoms with Gasteiger partial charge in [0.15, 0.2) is 0 Å². The molecule has 2 rings (SSSR count). The molecule has 68 valence electrons. The molecule has 2 nitrogen and oxygen atoms in total. The number of hydrogen-bond acceptors (Lipinski definition) is 2. The number of rotatable bonds is 2. The van der Waals surface area contributed by atoms with Crippen molar-refractivity contribution in [3.8, 4) is 0 Å². The van der Waals surface area contributed by atoms with Crippen LogP contribution >= 0.6 is 28.6 Å². The van der Waals surface area contributed by atoms with E-state index < -0.39 is 0 Å². The molecule has 2 aromatic rings. The van der Waals surface area contributed by atoms with Crippen LogP contribution in [-0.4, -0.2) is 15.7 Å². The van der Waals surface area contributed by atoms with E-state index >= 15 is 0 Å². The van der Waals surface area contributed by atoms with Crippen molar-refractivity contribution in [3.63, 3.8) is 0 Å². The largest absolute Gasteiger partial charge is 0.342 e. The molecule has 0 unspecified atom stereocenters. The van der Waals surface area contributed by atoms with Gasteiger partial charge in [0.05, 0.1) is 11.0 Å². The second kappa shape index (κ2) is 3.72. The van der Waals surface area contributed by atoms with Crippen LogP contribution in [0.3, 0.4) is 0 Å². The molecule has 0 saturated carbocycles. The molecule has 0 aliphatic rings. The van der Waals surface area contributed by atoms with Crippen molar-refractivity contribution in [2.75, 3.05) is 5.75 Å². The fraction of sp³-hybridized carbons (Fsp3) is 0.222. The quantitative estimate of drug-likeness (QED) is 0.796. The molecular weight excluding hydrogens is 248 g/mol. The molecule has 0 aliphatic heterocycles. The topological polar surface area (TPSA) is 28.7 Å². The number of thiol groups is 1. The summed E-state index contributed by atoms with van der Waals surface area (Å²) < 4.78 is 1.07. The third-order valence-electron chi connectivity index (χ3n) is 1.84. The molecule has 0 bridgehead atoms. The number of nitrogens with one attached hydrogen (secondary N) is 1. The third kappa shape index (κ3) is 1.89. The molecule has 1 aromatic carbocycles. The fourth-order valence-corrected chi connectivity index (χ4v) is 1.83. The Morgan fingerprint density at radius 3 is 3.08 bits per heavy atom. The number of aryl methyl sites for hydroxylation is 1. The Kier molecular flexibility index (Phi) is 2.60. The van der Waals surface area contributed by atoms with Crippen LogP contribution in [0.2, 0.25) is 0 Å². The summed E-state index contributed by atoms with van der Waals surface area (Å²) in [5.74, 6) is 1.82. The van der Waals surface area contributed by atoms with Gasteiger partial charge in [-0.2, -0.15) is 12.6 Å². The summed E-state index contributed by atoms with van der Waals surface area (Å²) in [5, 5.41) is 0. The van der Waals surface area contributed by atoms with Crippen molar-refractivity contribution >= 4 is 39.6 Å². The van der Waals surface area contributed by atoms with Crippen LogP contribution in [0.5, 0.6) is 0 Å². The Hall–Kier alpha value is -0.480. The van der Waals surface area contributed by atoms with Gasteiger partial charge in [0.1, 0.15) is 5.82 Å². The number of nitrogens with zero attached hydrogens (tertiary/aromatic N) is 1. The molecule has 1 aromatic heterocycles. The van der Waals surface area contributed by atoms with Gasteiger partial charge in [0, 0.05) is 10.9 Å². The van der Waals surface area contributed by atoms with Gasteiger partial charge in [-0.3, -0.25) is 0 Å². The number of halogens is 1. The molecule has 0 radical (unpaired) electrons. The fourth-order valence-electron chi connectivity index (χ4n) is 1.26. The van der Waals surface area contributed by atoms with Crippen LogP contribution in [0.4, 0.5) is 0 Å². The number of benzene rings is 1. The van der Waals surface area contributed by atoms with Crippen molar-refractivity contribution in [3.05, 3.63) is 28.5 Å². The monoisotopic (exact) mass is 256 g/mol. The highest BCUT2D eigenvalue weighted by Gasteiger charge is 2.01. The van der Waals surface area contributed by atoms with Crippen molar-refractivity contribution in [1.82, 2.24) is 9.97 Å². The lowest BCUT2D eigenvalue weighted by atomic mass is 10.3. The minimum atomic E-state index is 0.820. The molecular formula is C9H9BrN2S. The van der Waals surface area contributed by atoms with Gasteiger partial charge < -0.3 is 4.98 Å². The van der Waals surface area contributed by atoms with Crippen molar-refractivity contribution in [1.29, 1.82) is 0 Å².